The molecule has 0 radical (unpaired) electrons. The molecule has 1 aliphatic carbocycles. The number of hydrogen-bond acceptors (Lipinski definition) is 5. The van der Waals surface area contributed by atoms with Crippen LogP contribution in [0, 0.1) is 0 Å². The standard InChI is InChI=1S/C21H23ClN4O2/c22-17-2-1-14-10-18(11-15(14)9-17)25-20-23-12-16(13-24-20)19(27)26-6-3-21(26)4-7-28-8-5-21/h1-2,9,12-13,18H,3-8,10-11H2,(H,23,24,25). The van der Waals surface area contributed by atoms with Crippen molar-refractivity contribution in [2.75, 3.05) is 25.1 Å². The Labute approximate surface area is 169 Å². The van der Waals surface area contributed by atoms with Gasteiger partial charge in [-0.25, -0.2) is 9.97 Å². The van der Waals surface area contributed by atoms with E-state index < -0.39 is 0 Å². The summed E-state index contributed by atoms with van der Waals surface area (Å²) in [5.74, 6) is 0.590. The van der Waals surface area contributed by atoms with Crippen LogP contribution in [0.4, 0.5) is 5.95 Å². The second kappa shape index (κ2) is 7.01. The molecule has 2 aromatic rings. The molecule has 1 spiro atoms. The minimum atomic E-state index is -0.0108. The average molecular weight is 399 g/mol. The van der Waals surface area contributed by atoms with Crippen LogP contribution in [0.15, 0.2) is 30.6 Å². The van der Waals surface area contributed by atoms with E-state index in [4.69, 9.17) is 16.3 Å². The Morgan fingerprint density at radius 2 is 1.89 bits per heavy atom. The Morgan fingerprint density at radius 3 is 2.61 bits per heavy atom. The number of amides is 1. The summed E-state index contributed by atoms with van der Waals surface area (Å²) in [5, 5.41) is 4.15. The minimum Gasteiger partial charge on any atom is -0.381 e. The second-order valence-electron chi connectivity index (χ2n) is 8.00. The lowest BCUT2D eigenvalue weighted by atomic mass is 9.77. The summed E-state index contributed by atoms with van der Waals surface area (Å²) in [5.41, 5.74) is 3.13. The van der Waals surface area contributed by atoms with Gasteiger partial charge in [0.05, 0.1) is 5.56 Å². The fourth-order valence-corrected chi connectivity index (χ4v) is 4.86. The maximum absolute atomic E-state index is 12.9. The van der Waals surface area contributed by atoms with E-state index in [9.17, 15) is 4.79 Å². The molecule has 28 heavy (non-hydrogen) atoms. The molecule has 0 saturated carbocycles. The molecule has 2 fully saturated rings. The molecule has 1 atom stereocenters. The van der Waals surface area contributed by atoms with Gasteiger partial charge in [0.15, 0.2) is 0 Å². The fraction of sp³-hybridized carbons (Fsp3) is 0.476. The number of nitrogens with zero attached hydrogens (tertiary/aromatic N) is 3. The summed E-state index contributed by atoms with van der Waals surface area (Å²) in [7, 11) is 0. The number of halogens is 1. The molecule has 3 aliphatic rings. The molecule has 1 aromatic carbocycles. The van der Waals surface area contributed by atoms with Crippen molar-refractivity contribution in [3.05, 3.63) is 52.3 Å². The number of likely N-dealkylation sites (tertiary alicyclic amines) is 1. The lowest BCUT2D eigenvalue weighted by molar-refractivity contribution is -0.0696. The van der Waals surface area contributed by atoms with Crippen LogP contribution >= 0.6 is 11.6 Å². The Morgan fingerprint density at radius 1 is 1.14 bits per heavy atom. The highest BCUT2D eigenvalue weighted by Crippen LogP contribution is 2.40. The number of hydrogen-bond donors (Lipinski definition) is 1. The third-order valence-corrected chi connectivity index (χ3v) is 6.61. The molecule has 0 bridgehead atoms. The molecule has 5 rings (SSSR count). The van der Waals surface area contributed by atoms with E-state index >= 15 is 0 Å². The van der Waals surface area contributed by atoms with Crippen molar-refractivity contribution in [2.45, 2.75) is 43.7 Å². The van der Waals surface area contributed by atoms with Crippen LogP contribution in [0.1, 0.15) is 40.7 Å². The highest BCUT2D eigenvalue weighted by atomic mass is 35.5. The van der Waals surface area contributed by atoms with E-state index in [1.807, 2.05) is 17.0 Å². The molecule has 1 amide bonds. The summed E-state index contributed by atoms with van der Waals surface area (Å²) in [4.78, 5) is 23.7. The van der Waals surface area contributed by atoms with Crippen molar-refractivity contribution < 1.29 is 9.53 Å². The van der Waals surface area contributed by atoms with Gasteiger partial charge in [0, 0.05) is 48.8 Å². The number of benzene rings is 1. The Hall–Kier alpha value is -2.18. The van der Waals surface area contributed by atoms with Crippen molar-refractivity contribution in [1.82, 2.24) is 14.9 Å². The van der Waals surface area contributed by atoms with E-state index in [2.05, 4.69) is 21.4 Å². The fourth-order valence-electron chi connectivity index (χ4n) is 4.67. The van der Waals surface area contributed by atoms with Gasteiger partial charge in [-0.1, -0.05) is 17.7 Å². The summed E-state index contributed by atoms with van der Waals surface area (Å²) in [6, 6.07) is 6.29. The van der Waals surface area contributed by atoms with Crippen LogP contribution in [0.5, 0.6) is 0 Å². The molecule has 2 saturated heterocycles. The number of anilines is 1. The average Bonchev–Trinajstić information content (AvgIpc) is 3.09. The predicted octanol–water partition coefficient (Wildman–Crippen LogP) is 3.10. The van der Waals surface area contributed by atoms with Crippen molar-refractivity contribution in [3.63, 3.8) is 0 Å². The van der Waals surface area contributed by atoms with Crippen molar-refractivity contribution >= 4 is 23.5 Å². The van der Waals surface area contributed by atoms with Gasteiger partial charge < -0.3 is 15.0 Å². The number of carbonyl (C=O) groups is 1. The molecule has 7 heteroatoms. The Balaban J connectivity index is 1.23. The lowest BCUT2D eigenvalue weighted by Gasteiger charge is -2.54. The number of aromatic nitrogens is 2. The molecule has 146 valence electrons. The topological polar surface area (TPSA) is 67.4 Å². The molecular weight excluding hydrogens is 376 g/mol. The van der Waals surface area contributed by atoms with Gasteiger partial charge in [-0.05, 0) is 55.4 Å². The summed E-state index contributed by atoms with van der Waals surface area (Å²) in [6.07, 6.45) is 8.02. The van der Waals surface area contributed by atoms with Crippen molar-refractivity contribution in [1.29, 1.82) is 0 Å². The van der Waals surface area contributed by atoms with Crippen LogP contribution in [0.25, 0.3) is 0 Å². The van der Waals surface area contributed by atoms with Crippen LogP contribution in [0.2, 0.25) is 5.02 Å². The maximum atomic E-state index is 12.9. The first-order chi connectivity index (χ1) is 13.6. The molecule has 1 aromatic heterocycles. The largest absolute Gasteiger partial charge is 0.381 e. The number of carbonyl (C=O) groups excluding carboxylic acids is 1. The third-order valence-electron chi connectivity index (χ3n) is 6.37. The first kappa shape index (κ1) is 17.9. The zero-order valence-corrected chi connectivity index (χ0v) is 16.4. The molecule has 3 heterocycles. The van der Waals surface area contributed by atoms with Gasteiger partial charge in [0.1, 0.15) is 0 Å². The molecule has 2 aliphatic heterocycles. The molecule has 6 nitrogen and oxygen atoms in total. The maximum Gasteiger partial charge on any atom is 0.257 e. The number of rotatable bonds is 3. The van der Waals surface area contributed by atoms with Crippen LogP contribution in [0.3, 0.4) is 0 Å². The van der Waals surface area contributed by atoms with E-state index in [1.54, 1.807) is 12.4 Å². The molecule has 1 unspecified atom stereocenters. The van der Waals surface area contributed by atoms with E-state index in [0.717, 1.165) is 56.9 Å². The van der Waals surface area contributed by atoms with Gasteiger partial charge in [-0.15, -0.1) is 0 Å². The molecule has 1 N–H and O–H groups in total. The SMILES string of the molecule is O=C(c1cnc(NC2Cc3ccc(Cl)cc3C2)nc1)N1CCC12CCOCC2. The van der Waals surface area contributed by atoms with Crippen LogP contribution in [-0.4, -0.2) is 52.1 Å². The van der Waals surface area contributed by atoms with Crippen LogP contribution in [-0.2, 0) is 17.6 Å². The monoisotopic (exact) mass is 398 g/mol. The summed E-state index contributed by atoms with van der Waals surface area (Å²) in [6.45, 7) is 2.28. The van der Waals surface area contributed by atoms with E-state index in [1.165, 1.54) is 11.1 Å². The van der Waals surface area contributed by atoms with Crippen LogP contribution < -0.4 is 5.32 Å². The normalized spacial score (nSPS) is 22.6. The predicted molar refractivity (Wildman–Crippen MR) is 107 cm³/mol. The van der Waals surface area contributed by atoms with E-state index in [0.29, 0.717) is 11.5 Å². The highest BCUT2D eigenvalue weighted by molar-refractivity contribution is 6.30. The second-order valence-corrected chi connectivity index (χ2v) is 8.44. The van der Waals surface area contributed by atoms with Gasteiger partial charge in [0.2, 0.25) is 5.95 Å². The number of fused-ring (bicyclic) bond motifs is 1. The number of nitrogens with one attached hydrogen (secondary N) is 1. The lowest BCUT2D eigenvalue weighted by Crippen LogP contribution is -2.64. The Kier molecular flexibility index (Phi) is 4.48. The minimum absolute atomic E-state index is 0.0108. The quantitative estimate of drug-likeness (QED) is 0.860. The molecular formula is C21H23ClN4O2. The van der Waals surface area contributed by atoms with Crippen molar-refractivity contribution in [3.8, 4) is 0 Å². The summed E-state index contributed by atoms with van der Waals surface area (Å²) < 4.78 is 5.47. The van der Waals surface area contributed by atoms with Gasteiger partial charge in [0.25, 0.3) is 5.91 Å². The van der Waals surface area contributed by atoms with E-state index in [-0.39, 0.29) is 17.5 Å². The first-order valence-electron chi connectivity index (χ1n) is 9.89. The van der Waals surface area contributed by atoms with Crippen molar-refractivity contribution in [2.24, 2.45) is 0 Å². The first-order valence-corrected chi connectivity index (χ1v) is 10.3. The van der Waals surface area contributed by atoms with Gasteiger partial charge >= 0.3 is 0 Å². The smallest absolute Gasteiger partial charge is 0.257 e. The highest BCUT2D eigenvalue weighted by Gasteiger charge is 2.48. The zero-order valence-electron chi connectivity index (χ0n) is 15.7. The number of ether oxygens (including phenoxy) is 1. The zero-order chi connectivity index (χ0) is 19.1. The Bertz CT molecular complexity index is 896. The van der Waals surface area contributed by atoms with Gasteiger partial charge in [-0.3, -0.25) is 4.79 Å². The third kappa shape index (κ3) is 3.14. The van der Waals surface area contributed by atoms with Gasteiger partial charge in [-0.2, -0.15) is 0 Å². The summed E-state index contributed by atoms with van der Waals surface area (Å²) >= 11 is 6.09.